The number of carbonyl (C=O) groups excluding carboxylic acids is 2. The molecule has 0 atom stereocenters. The lowest BCUT2D eigenvalue weighted by atomic mass is 10.3. The average Bonchev–Trinajstić information content (AvgIpc) is 2.11. The van der Waals surface area contributed by atoms with Crippen LogP contribution in [0, 0.1) is 0 Å². The highest BCUT2D eigenvalue weighted by Gasteiger charge is 2.34. The quantitative estimate of drug-likeness (QED) is 0.555. The molecule has 0 spiro atoms. The van der Waals surface area contributed by atoms with Gasteiger partial charge >= 0.3 is 12.1 Å². The molecule has 92 valence electrons. The molecule has 4 nitrogen and oxygen atoms in total. The molecular formula is C9H12F3NO3. The van der Waals surface area contributed by atoms with Gasteiger partial charge in [-0.2, -0.15) is 18.2 Å². The van der Waals surface area contributed by atoms with Gasteiger partial charge in [0.15, 0.2) is 6.54 Å². The van der Waals surface area contributed by atoms with Gasteiger partial charge in [0, 0.05) is 6.92 Å². The molecule has 0 aliphatic carbocycles. The SMILES string of the molecule is C=CCCC(=O)ON(CC(F)(F)F)C(C)=O. The maximum absolute atomic E-state index is 12.0. The summed E-state index contributed by atoms with van der Waals surface area (Å²) in [6.45, 7) is 2.61. The second-order valence-corrected chi connectivity index (χ2v) is 2.96. The zero-order valence-electron chi connectivity index (χ0n) is 8.71. The second-order valence-electron chi connectivity index (χ2n) is 2.96. The highest BCUT2D eigenvalue weighted by Crippen LogP contribution is 2.17. The smallest absolute Gasteiger partial charge is 0.338 e. The lowest BCUT2D eigenvalue weighted by Gasteiger charge is -2.20. The van der Waals surface area contributed by atoms with Crippen LogP contribution in [0.5, 0.6) is 0 Å². The summed E-state index contributed by atoms with van der Waals surface area (Å²) in [4.78, 5) is 26.0. The number of alkyl halides is 3. The molecule has 0 radical (unpaired) electrons. The van der Waals surface area contributed by atoms with Crippen LogP contribution in [0.15, 0.2) is 12.7 Å². The van der Waals surface area contributed by atoms with E-state index in [1.807, 2.05) is 0 Å². The Morgan fingerprint density at radius 2 is 2.00 bits per heavy atom. The Morgan fingerprint density at radius 3 is 2.38 bits per heavy atom. The summed E-state index contributed by atoms with van der Waals surface area (Å²) in [5.74, 6) is -1.89. The first-order chi connectivity index (χ1) is 7.26. The zero-order chi connectivity index (χ0) is 12.8. The molecule has 0 aromatic carbocycles. The van der Waals surface area contributed by atoms with Gasteiger partial charge in [-0.3, -0.25) is 4.79 Å². The zero-order valence-corrected chi connectivity index (χ0v) is 8.71. The summed E-state index contributed by atoms with van der Waals surface area (Å²) in [7, 11) is 0. The van der Waals surface area contributed by atoms with Crippen LogP contribution in [0.4, 0.5) is 13.2 Å². The minimum Gasteiger partial charge on any atom is -0.338 e. The molecule has 0 aromatic rings. The molecule has 7 heteroatoms. The number of hydroxylamine groups is 2. The van der Waals surface area contributed by atoms with E-state index in [9.17, 15) is 22.8 Å². The Kier molecular flexibility index (Phi) is 5.55. The fraction of sp³-hybridized carbons (Fsp3) is 0.556. The van der Waals surface area contributed by atoms with Crippen molar-refractivity contribution in [3.8, 4) is 0 Å². The Labute approximate surface area is 90.6 Å². The molecule has 0 aliphatic heterocycles. The van der Waals surface area contributed by atoms with Crippen molar-refractivity contribution in [2.75, 3.05) is 6.54 Å². The molecule has 0 rings (SSSR count). The number of carbonyl (C=O) groups is 2. The summed E-state index contributed by atoms with van der Waals surface area (Å²) in [6, 6.07) is 0. The highest BCUT2D eigenvalue weighted by atomic mass is 19.4. The van der Waals surface area contributed by atoms with Gasteiger partial charge < -0.3 is 4.84 Å². The highest BCUT2D eigenvalue weighted by molar-refractivity contribution is 5.76. The maximum atomic E-state index is 12.0. The van der Waals surface area contributed by atoms with Crippen molar-refractivity contribution in [2.24, 2.45) is 0 Å². The van der Waals surface area contributed by atoms with Gasteiger partial charge in [-0.05, 0) is 6.42 Å². The van der Waals surface area contributed by atoms with E-state index in [-0.39, 0.29) is 17.9 Å². The molecule has 0 unspecified atom stereocenters. The Balaban J connectivity index is 4.29. The lowest BCUT2D eigenvalue weighted by molar-refractivity contribution is -0.229. The summed E-state index contributed by atoms with van der Waals surface area (Å²) in [6.07, 6.45) is -3.03. The van der Waals surface area contributed by atoms with E-state index in [2.05, 4.69) is 11.4 Å². The van der Waals surface area contributed by atoms with E-state index in [1.54, 1.807) is 0 Å². The minimum atomic E-state index is -4.61. The van der Waals surface area contributed by atoms with Crippen molar-refractivity contribution in [1.29, 1.82) is 0 Å². The van der Waals surface area contributed by atoms with Gasteiger partial charge in [-0.15, -0.1) is 6.58 Å². The Hall–Kier alpha value is -1.53. The van der Waals surface area contributed by atoms with E-state index >= 15 is 0 Å². The van der Waals surface area contributed by atoms with Crippen LogP contribution in [-0.2, 0) is 14.4 Å². The van der Waals surface area contributed by atoms with Crippen molar-refractivity contribution in [3.63, 3.8) is 0 Å². The average molecular weight is 239 g/mol. The monoisotopic (exact) mass is 239 g/mol. The fourth-order valence-corrected chi connectivity index (χ4v) is 0.759. The van der Waals surface area contributed by atoms with Crippen LogP contribution in [0.1, 0.15) is 19.8 Å². The fourth-order valence-electron chi connectivity index (χ4n) is 0.759. The number of hydrogen-bond acceptors (Lipinski definition) is 3. The predicted molar refractivity (Wildman–Crippen MR) is 49.0 cm³/mol. The van der Waals surface area contributed by atoms with Gasteiger partial charge in [0.1, 0.15) is 0 Å². The predicted octanol–water partition coefficient (Wildman–Crippen LogP) is 1.82. The molecule has 0 saturated carbocycles. The van der Waals surface area contributed by atoms with Crippen molar-refractivity contribution in [2.45, 2.75) is 25.9 Å². The van der Waals surface area contributed by atoms with Crippen LogP contribution in [0.3, 0.4) is 0 Å². The lowest BCUT2D eigenvalue weighted by Crippen LogP contribution is -2.39. The van der Waals surface area contributed by atoms with E-state index in [4.69, 9.17) is 0 Å². The molecule has 0 fully saturated rings. The number of amides is 1. The molecule has 0 aromatic heterocycles. The van der Waals surface area contributed by atoms with Crippen molar-refractivity contribution in [1.82, 2.24) is 5.06 Å². The first-order valence-electron chi connectivity index (χ1n) is 4.43. The topological polar surface area (TPSA) is 46.6 Å². The van der Waals surface area contributed by atoms with E-state index in [0.717, 1.165) is 6.92 Å². The van der Waals surface area contributed by atoms with Crippen LogP contribution in [0.2, 0.25) is 0 Å². The molecule has 0 heterocycles. The third-order valence-corrected chi connectivity index (χ3v) is 1.44. The standard InChI is InChI=1S/C9H12F3NO3/c1-3-4-5-8(15)16-13(7(2)14)6-9(10,11)12/h3H,1,4-6H2,2H3. The number of rotatable bonds is 4. The molecule has 0 N–H and O–H groups in total. The molecule has 1 amide bonds. The van der Waals surface area contributed by atoms with Crippen LogP contribution in [0.25, 0.3) is 0 Å². The third kappa shape index (κ3) is 6.86. The van der Waals surface area contributed by atoms with Crippen molar-refractivity contribution >= 4 is 11.9 Å². The molecular weight excluding hydrogens is 227 g/mol. The first kappa shape index (κ1) is 14.5. The summed E-state index contributed by atoms with van der Waals surface area (Å²) < 4.78 is 35.9. The number of nitrogens with zero attached hydrogens (tertiary/aromatic N) is 1. The first-order valence-corrected chi connectivity index (χ1v) is 4.43. The van der Waals surface area contributed by atoms with Crippen molar-refractivity contribution < 1.29 is 27.6 Å². The van der Waals surface area contributed by atoms with Gasteiger partial charge in [-0.1, -0.05) is 6.08 Å². The van der Waals surface area contributed by atoms with Gasteiger partial charge in [0.05, 0.1) is 6.42 Å². The maximum Gasteiger partial charge on any atom is 0.409 e. The largest absolute Gasteiger partial charge is 0.409 e. The Bertz CT molecular complexity index is 276. The van der Waals surface area contributed by atoms with Crippen LogP contribution in [-0.4, -0.2) is 29.7 Å². The van der Waals surface area contributed by atoms with E-state index in [0.29, 0.717) is 0 Å². The minimum absolute atomic E-state index is 0.00851. The van der Waals surface area contributed by atoms with E-state index < -0.39 is 24.6 Å². The van der Waals surface area contributed by atoms with Crippen molar-refractivity contribution in [3.05, 3.63) is 12.7 Å². The van der Waals surface area contributed by atoms with E-state index in [1.165, 1.54) is 6.08 Å². The molecule has 0 aliphatic rings. The third-order valence-electron chi connectivity index (χ3n) is 1.44. The van der Waals surface area contributed by atoms with Gasteiger partial charge in [0.25, 0.3) is 5.91 Å². The number of halogens is 3. The number of hydrogen-bond donors (Lipinski definition) is 0. The molecule has 16 heavy (non-hydrogen) atoms. The Morgan fingerprint density at radius 1 is 1.44 bits per heavy atom. The summed E-state index contributed by atoms with van der Waals surface area (Å²) in [5.41, 5.74) is 0. The summed E-state index contributed by atoms with van der Waals surface area (Å²) in [5, 5.41) is -0.00851. The van der Waals surface area contributed by atoms with Gasteiger partial charge in [-0.25, -0.2) is 4.79 Å². The van der Waals surface area contributed by atoms with Crippen LogP contribution >= 0.6 is 0 Å². The van der Waals surface area contributed by atoms with Crippen LogP contribution < -0.4 is 0 Å². The normalized spacial score (nSPS) is 10.8. The summed E-state index contributed by atoms with van der Waals surface area (Å²) >= 11 is 0. The molecule has 0 saturated heterocycles. The van der Waals surface area contributed by atoms with Gasteiger partial charge in [0.2, 0.25) is 0 Å². The number of allylic oxidation sites excluding steroid dienone is 1. The second kappa shape index (κ2) is 6.14. The molecule has 0 bridgehead atoms.